The minimum Gasteiger partial charge on any atom is -0.434 e. The molecule has 36 heteroatoms. The molecule has 0 bridgehead atoms. The number of hydrogen-bond donors (Lipinski definition) is 6. The maximum absolute atomic E-state index is 12.2. The number of hydrogen-bond acceptors (Lipinski definition) is 21. The summed E-state index contributed by atoms with van der Waals surface area (Å²) in [6, 6.07) is 9.13. The first kappa shape index (κ1) is 58.5. The molecule has 6 N–H and O–H groups in total. The summed E-state index contributed by atoms with van der Waals surface area (Å²) in [5, 5.41) is 54.3. The van der Waals surface area contributed by atoms with E-state index in [2.05, 4.69) is 45.9 Å². The largest absolute Gasteiger partial charge is 0.434 e. The monoisotopic (exact) mass is 1310 g/mol. The number of nitrogens with one attached hydrogen (secondary N) is 6. The van der Waals surface area contributed by atoms with Crippen molar-refractivity contribution in [1.82, 2.24) is 74.9 Å². The highest BCUT2D eigenvalue weighted by molar-refractivity contribution is 6.38. The molecule has 0 unspecified atom stereocenters. The Morgan fingerprint density at radius 1 is 0.414 bits per heavy atom. The van der Waals surface area contributed by atoms with Gasteiger partial charge in [0.2, 0.25) is 34.7 Å². The highest BCUT2D eigenvalue weighted by Crippen LogP contribution is 2.40. The molecule has 444 valence electrons. The van der Waals surface area contributed by atoms with E-state index in [0.717, 1.165) is 12.1 Å². The van der Waals surface area contributed by atoms with E-state index < -0.39 is 96.3 Å². The number of H-pyrrole nitrogens is 6. The highest BCUT2D eigenvalue weighted by Gasteiger charge is 2.21. The van der Waals surface area contributed by atoms with Crippen LogP contribution in [-0.2, 0) is 0 Å². The average Bonchev–Trinajstić information content (AvgIpc) is 0.940. The van der Waals surface area contributed by atoms with Gasteiger partial charge >= 0.3 is 17.1 Å². The lowest BCUT2D eigenvalue weighted by Crippen LogP contribution is -2.33. The van der Waals surface area contributed by atoms with E-state index in [9.17, 15) is 43.2 Å². The number of halogens is 6. The van der Waals surface area contributed by atoms with E-state index in [0.29, 0.717) is 30.7 Å². The molecular weight excluding hydrogens is 1270 g/mol. The summed E-state index contributed by atoms with van der Waals surface area (Å²) in [5.74, 6) is -1.06. The molecule has 0 amide bonds. The zero-order valence-electron chi connectivity index (χ0n) is 48.7. The molecule has 0 radical (unpaired) electrons. The zero-order chi connectivity index (χ0) is 67.4. The van der Waals surface area contributed by atoms with Crippen LogP contribution >= 0.6 is 69.6 Å². The molecule has 0 atom stereocenters. The van der Waals surface area contributed by atoms with Crippen LogP contribution in [0.1, 0.15) is 98.6 Å². The van der Waals surface area contributed by atoms with Crippen molar-refractivity contribution in [3.05, 3.63) is 212 Å². The number of aromatic nitrogens is 15. The van der Waals surface area contributed by atoms with Gasteiger partial charge < -0.3 is 14.2 Å². The third kappa shape index (κ3) is 14.8. The molecule has 0 aliphatic heterocycles. The van der Waals surface area contributed by atoms with Crippen LogP contribution in [0.2, 0.25) is 30.1 Å². The molecule has 0 saturated carbocycles. The molecule has 0 saturated heterocycles. The van der Waals surface area contributed by atoms with Gasteiger partial charge in [-0.1, -0.05) is 111 Å². The van der Waals surface area contributed by atoms with Gasteiger partial charge in [0.05, 0.1) is 52.7 Å². The van der Waals surface area contributed by atoms with Gasteiger partial charge in [-0.15, -0.1) is 30.6 Å². The van der Waals surface area contributed by atoms with Crippen molar-refractivity contribution < 1.29 is 19.7 Å². The van der Waals surface area contributed by atoms with Crippen LogP contribution in [0, 0.1) is 34.0 Å². The summed E-state index contributed by atoms with van der Waals surface area (Å²) in [6.45, 7) is 10.8. The number of rotatable bonds is 12. The zero-order valence-corrected chi connectivity index (χ0v) is 49.2. The van der Waals surface area contributed by atoms with E-state index in [4.69, 9.17) is 105 Å². The van der Waals surface area contributed by atoms with Crippen LogP contribution in [0.3, 0.4) is 0 Å². The van der Waals surface area contributed by atoms with Gasteiger partial charge in [0.1, 0.15) is 18.2 Å². The topological polar surface area (TPSA) is 440 Å². The van der Waals surface area contributed by atoms with E-state index in [1.165, 1.54) is 24.3 Å². The summed E-state index contributed by atoms with van der Waals surface area (Å²) in [5.41, 5.74) is -8.65. The Kier molecular flexibility index (Phi) is 18.3. The quantitative estimate of drug-likeness (QED) is 0.0781. The Labute approximate surface area is 518 Å². The smallest absolute Gasteiger partial charge is 0.349 e. The predicted octanol–water partition coefficient (Wildman–Crippen LogP) is 6.29. The first-order valence-corrected chi connectivity index (χ1v) is 26.3. The summed E-state index contributed by atoms with van der Waals surface area (Å²) in [6.07, 6.45) is 0. The normalized spacial score (nSPS) is 11.4. The molecule has 0 aliphatic carbocycles. The summed E-state index contributed by atoms with van der Waals surface area (Å²) >= 11 is 37.3. The van der Waals surface area contributed by atoms with Gasteiger partial charge in [0.25, 0.3) is 33.4 Å². The molecular formula is C51H36Cl6N18O12. The second-order valence-electron chi connectivity index (χ2n) is 18.0. The van der Waals surface area contributed by atoms with Gasteiger partial charge in [-0.2, -0.15) is 29.8 Å². The Hall–Kier alpha value is -10.3. The fraction of sp³-hybridized carbons (Fsp3) is 0.176. The van der Waals surface area contributed by atoms with Gasteiger partial charge in [-0.05, 0) is 54.1 Å². The number of nitrogens with zero attached hydrogens (tertiary/aromatic N) is 12. The summed E-state index contributed by atoms with van der Waals surface area (Å²) < 4.78 is 51.4. The minimum atomic E-state index is -1.10. The SMILES string of the molecule is [2H]c1c(-n2nc(C#N)c(=O)[nH]c2=O)cc(Cl)c(Oc2cc(C(C)C)c(=O)[nH]n2)c1Cl.[2H]c1c(-n2nc(C#N)c(=O)[nH]c2=O)cc(Cl)c(Oc2cc(C(C)C)c(=O)[nH]n2)c1Cl.[2H]c1c(Cl)c(Oc2cc(C(C)C)c(=O)[nH]n2)c(Cl)c([2H])c1-n1nc(C#N)c(=O)[nH]c1=O. The Morgan fingerprint density at radius 3 is 0.931 bits per heavy atom. The van der Waals surface area contributed by atoms with E-state index in [-0.39, 0.29) is 95.2 Å². The Balaban J connectivity index is 0.000000194. The molecule has 9 aromatic rings. The number of benzene rings is 3. The van der Waals surface area contributed by atoms with Crippen molar-refractivity contribution in [1.29, 1.82) is 15.8 Å². The minimum absolute atomic E-state index is 0.0136. The lowest BCUT2D eigenvalue weighted by atomic mass is 10.1. The van der Waals surface area contributed by atoms with E-state index in [1.54, 1.807) is 26.0 Å². The molecule has 9 rings (SSSR count). The fourth-order valence-electron chi connectivity index (χ4n) is 6.91. The highest BCUT2D eigenvalue weighted by atomic mass is 35.5. The van der Waals surface area contributed by atoms with Crippen LogP contribution in [0.15, 0.2) is 97.7 Å². The van der Waals surface area contributed by atoms with Crippen molar-refractivity contribution in [3.63, 3.8) is 0 Å². The van der Waals surface area contributed by atoms with Crippen LogP contribution in [-0.4, -0.2) is 74.9 Å². The molecule has 0 spiro atoms. The third-order valence-corrected chi connectivity index (χ3v) is 12.7. The van der Waals surface area contributed by atoms with Crippen LogP contribution in [0.5, 0.6) is 34.9 Å². The second kappa shape index (κ2) is 27.2. The Bertz CT molecular complexity index is 4940. The predicted molar refractivity (Wildman–Crippen MR) is 313 cm³/mol. The third-order valence-electron chi connectivity index (χ3n) is 11.1. The summed E-state index contributed by atoms with van der Waals surface area (Å²) in [4.78, 5) is 112. The van der Waals surface area contributed by atoms with E-state index >= 15 is 0 Å². The molecule has 6 heterocycles. The van der Waals surface area contributed by atoms with Crippen LogP contribution < -0.4 is 64.6 Å². The lowest BCUT2D eigenvalue weighted by Gasteiger charge is -2.12. The molecule has 30 nitrogen and oxygen atoms in total. The van der Waals surface area contributed by atoms with Gasteiger partial charge in [-0.3, -0.25) is 43.7 Å². The van der Waals surface area contributed by atoms with Crippen molar-refractivity contribution in [2.24, 2.45) is 0 Å². The lowest BCUT2D eigenvalue weighted by molar-refractivity contribution is 0.452. The number of aromatic amines is 6. The second-order valence-corrected chi connectivity index (χ2v) is 20.3. The van der Waals surface area contributed by atoms with Crippen molar-refractivity contribution in [2.75, 3.05) is 0 Å². The van der Waals surface area contributed by atoms with Gasteiger partial charge in [0, 0.05) is 34.9 Å². The first-order valence-electron chi connectivity index (χ1n) is 26.0. The van der Waals surface area contributed by atoms with Gasteiger partial charge in [-0.25, -0.2) is 29.7 Å². The van der Waals surface area contributed by atoms with Crippen LogP contribution in [0.4, 0.5) is 0 Å². The van der Waals surface area contributed by atoms with Gasteiger partial charge in [0.15, 0.2) is 17.2 Å². The Morgan fingerprint density at radius 2 is 0.667 bits per heavy atom. The summed E-state index contributed by atoms with van der Waals surface area (Å²) in [7, 11) is 0. The maximum Gasteiger partial charge on any atom is 0.349 e. The number of nitriles is 3. The fourth-order valence-corrected chi connectivity index (χ4v) is 8.45. The van der Waals surface area contributed by atoms with Crippen LogP contribution in [0.25, 0.3) is 17.1 Å². The van der Waals surface area contributed by atoms with Crippen molar-refractivity contribution in [2.45, 2.75) is 59.3 Å². The number of ether oxygens (including phenoxy) is 3. The molecule has 0 fully saturated rings. The average molecular weight is 1310 g/mol. The molecule has 3 aromatic carbocycles. The molecule has 6 aromatic heterocycles. The molecule has 0 aliphatic rings. The van der Waals surface area contributed by atoms with Crippen molar-refractivity contribution >= 4 is 69.6 Å². The first-order chi connectivity index (χ1) is 42.8. The standard InChI is InChI=1S/3C17H12Cl2N6O4/c3*1-7(2)9-5-13(22-23-15(9)26)29-14-10(18)3-8(4-11(14)19)25-17(28)21-16(27)12(6-20)24-25/h3*3-5,7H,1-2H3,(H,23,26)(H,21,27,28)/i3D,4D;2*3D. The van der Waals surface area contributed by atoms with Crippen molar-refractivity contribution in [3.8, 4) is 70.2 Å². The van der Waals surface area contributed by atoms with E-state index in [1.807, 2.05) is 42.6 Å². The maximum atomic E-state index is 12.2. The molecule has 87 heavy (non-hydrogen) atoms.